The number of Topliss-reactive ketones (excluding diaryl/α,β-unsaturated/α-hetero) is 1. The Labute approximate surface area is 273 Å². The fraction of sp³-hybridized carbons (Fsp3) is 0.361. The summed E-state index contributed by atoms with van der Waals surface area (Å²) in [6, 6.07) is 17.6. The van der Waals surface area contributed by atoms with Crippen molar-refractivity contribution in [3.05, 3.63) is 77.4 Å². The van der Waals surface area contributed by atoms with E-state index >= 15 is 0 Å². The average Bonchev–Trinajstić information content (AvgIpc) is 3.69. The van der Waals surface area contributed by atoms with Gasteiger partial charge < -0.3 is 14.6 Å². The summed E-state index contributed by atoms with van der Waals surface area (Å²) in [6.07, 6.45) is 4.10. The molecule has 2 amide bonds. The second-order valence-electron chi connectivity index (χ2n) is 12.4. The second-order valence-corrected chi connectivity index (χ2v) is 14.3. The number of rotatable bonds is 9. The number of hydrogen-bond acceptors (Lipinski definition) is 6. The molecule has 11 heteroatoms. The molecule has 0 bridgehead atoms. The van der Waals surface area contributed by atoms with Crippen LogP contribution in [0.3, 0.4) is 0 Å². The van der Waals surface area contributed by atoms with Crippen LogP contribution in [0.15, 0.2) is 65.1 Å². The molecular formula is C36H38FN3O6S. The van der Waals surface area contributed by atoms with Crippen LogP contribution in [0.1, 0.15) is 65.3 Å². The lowest BCUT2D eigenvalue weighted by atomic mass is 9.90. The minimum atomic E-state index is -3.96. The van der Waals surface area contributed by atoms with E-state index in [0.717, 1.165) is 29.0 Å². The van der Waals surface area contributed by atoms with E-state index in [9.17, 15) is 27.2 Å². The maximum atomic E-state index is 14.1. The first-order valence-electron chi connectivity index (χ1n) is 15.9. The number of furan rings is 1. The first kappa shape index (κ1) is 32.4. The first-order chi connectivity index (χ1) is 22.5. The van der Waals surface area contributed by atoms with Gasteiger partial charge in [0, 0.05) is 47.7 Å². The normalized spacial score (nSPS) is 16.1. The number of alkyl halides is 1. The van der Waals surface area contributed by atoms with Crippen molar-refractivity contribution in [2.75, 3.05) is 36.9 Å². The zero-order chi connectivity index (χ0) is 33.5. The number of fused-ring (bicyclic) bond motifs is 1. The zero-order valence-electron chi connectivity index (χ0n) is 26.8. The van der Waals surface area contributed by atoms with Crippen LogP contribution < -0.4 is 9.62 Å². The van der Waals surface area contributed by atoms with E-state index in [4.69, 9.17) is 4.42 Å². The van der Waals surface area contributed by atoms with Crippen LogP contribution in [0, 0.1) is 6.92 Å². The summed E-state index contributed by atoms with van der Waals surface area (Å²) in [6.45, 7) is 3.08. The van der Waals surface area contributed by atoms with Gasteiger partial charge in [0.25, 0.3) is 5.91 Å². The Morgan fingerprint density at radius 1 is 1.04 bits per heavy atom. The number of ketones is 1. The highest BCUT2D eigenvalue weighted by molar-refractivity contribution is 7.92. The molecule has 2 aliphatic rings. The highest BCUT2D eigenvalue weighted by Crippen LogP contribution is 2.43. The molecule has 1 aromatic heterocycles. The van der Waals surface area contributed by atoms with E-state index in [1.165, 1.54) is 6.07 Å². The van der Waals surface area contributed by atoms with Crippen molar-refractivity contribution >= 4 is 44.3 Å². The maximum Gasteiger partial charge on any atom is 0.254 e. The number of halogens is 1. The van der Waals surface area contributed by atoms with Crippen molar-refractivity contribution < 1.29 is 31.6 Å². The number of carbonyl (C=O) groups is 3. The van der Waals surface area contributed by atoms with E-state index in [0.29, 0.717) is 64.9 Å². The van der Waals surface area contributed by atoms with Crippen LogP contribution in [0.5, 0.6) is 0 Å². The molecule has 4 aromatic rings. The van der Waals surface area contributed by atoms with Gasteiger partial charge in [-0.2, -0.15) is 0 Å². The van der Waals surface area contributed by atoms with Gasteiger partial charge in [-0.15, -0.1) is 0 Å². The Balaban J connectivity index is 1.56. The van der Waals surface area contributed by atoms with E-state index < -0.39 is 28.8 Å². The van der Waals surface area contributed by atoms with Crippen LogP contribution in [0.25, 0.3) is 33.4 Å². The number of nitrogens with zero attached hydrogens (tertiary/aromatic N) is 2. The predicted molar refractivity (Wildman–Crippen MR) is 180 cm³/mol. The van der Waals surface area contributed by atoms with Crippen LogP contribution in [-0.2, 0) is 14.8 Å². The molecule has 1 saturated carbocycles. The molecule has 0 atom stereocenters. The lowest BCUT2D eigenvalue weighted by Gasteiger charge is -2.43. The van der Waals surface area contributed by atoms with Gasteiger partial charge in [0.05, 0.1) is 24.1 Å². The molecule has 246 valence electrons. The molecule has 6 rings (SSSR count). The largest absolute Gasteiger partial charge is 0.455 e. The lowest BCUT2D eigenvalue weighted by Crippen LogP contribution is -2.65. The van der Waals surface area contributed by atoms with Gasteiger partial charge in [-0.05, 0) is 43.5 Å². The first-order valence-corrected chi connectivity index (χ1v) is 17.8. The highest BCUT2D eigenvalue weighted by atomic mass is 32.2. The number of hydrogen-bond donors (Lipinski definition) is 1. The molecular weight excluding hydrogens is 621 g/mol. The van der Waals surface area contributed by atoms with Crippen molar-refractivity contribution in [1.82, 2.24) is 10.2 Å². The second kappa shape index (κ2) is 12.6. The fourth-order valence-corrected chi connectivity index (χ4v) is 7.89. The highest BCUT2D eigenvalue weighted by Gasteiger charge is 2.50. The third-order valence-corrected chi connectivity index (χ3v) is 10.5. The smallest absolute Gasteiger partial charge is 0.254 e. The predicted octanol–water partition coefficient (Wildman–Crippen LogP) is 6.29. The quantitative estimate of drug-likeness (QED) is 0.211. The Bertz CT molecular complexity index is 1980. The minimum absolute atomic E-state index is 0.133. The molecule has 1 aliphatic heterocycles. The van der Waals surface area contributed by atoms with Gasteiger partial charge in [-0.25, -0.2) is 12.8 Å². The third kappa shape index (κ3) is 5.81. The molecule has 2 heterocycles. The van der Waals surface area contributed by atoms with Gasteiger partial charge in [-0.3, -0.25) is 18.7 Å². The Hall–Kier alpha value is -4.51. The van der Waals surface area contributed by atoms with E-state index in [1.54, 1.807) is 42.2 Å². The lowest BCUT2D eigenvalue weighted by molar-refractivity contribution is -0.134. The summed E-state index contributed by atoms with van der Waals surface area (Å²) in [5, 5.41) is 3.41. The van der Waals surface area contributed by atoms with Gasteiger partial charge >= 0.3 is 0 Å². The SMILES string of the molecule is CCC(=O)c1c(-c2ccc(C)cc2)oc2cc(N(CCF)S(C)(=O)=O)c(-c3cccc(C(=O)N4CCNC(=O)C45CCCC5)c3)cc12. The Morgan fingerprint density at radius 3 is 2.43 bits per heavy atom. The van der Waals surface area contributed by atoms with Crippen LogP contribution in [0.2, 0.25) is 0 Å². The van der Waals surface area contributed by atoms with Gasteiger partial charge in [0.1, 0.15) is 23.6 Å². The summed E-state index contributed by atoms with van der Waals surface area (Å²) < 4.78 is 47.3. The molecule has 9 nitrogen and oxygen atoms in total. The Kier molecular flexibility index (Phi) is 8.69. The van der Waals surface area contributed by atoms with Crippen molar-refractivity contribution in [2.24, 2.45) is 0 Å². The molecule has 1 aliphatic carbocycles. The van der Waals surface area contributed by atoms with Gasteiger partial charge in [0.2, 0.25) is 15.9 Å². The molecule has 2 fully saturated rings. The molecule has 1 N–H and O–H groups in total. The molecule has 0 radical (unpaired) electrons. The van der Waals surface area contributed by atoms with Gasteiger partial charge in [-0.1, -0.05) is 61.7 Å². The number of piperazine rings is 1. The molecule has 3 aromatic carbocycles. The van der Waals surface area contributed by atoms with Crippen LogP contribution >= 0.6 is 0 Å². The minimum Gasteiger partial charge on any atom is -0.455 e. The van der Waals surface area contributed by atoms with E-state index in [1.807, 2.05) is 31.2 Å². The number of carbonyl (C=O) groups excluding carboxylic acids is 3. The number of nitrogens with one attached hydrogen (secondary N) is 1. The number of anilines is 1. The van der Waals surface area contributed by atoms with Gasteiger partial charge in [0.15, 0.2) is 5.78 Å². The fourth-order valence-electron chi connectivity index (χ4n) is 6.98. The molecule has 0 unspecified atom stereocenters. The number of amides is 2. The molecule has 1 spiro atoms. The third-order valence-electron chi connectivity index (χ3n) is 9.33. The van der Waals surface area contributed by atoms with Crippen molar-refractivity contribution in [2.45, 2.75) is 51.5 Å². The summed E-state index contributed by atoms with van der Waals surface area (Å²) in [4.78, 5) is 42.3. The van der Waals surface area contributed by atoms with Crippen molar-refractivity contribution in [3.63, 3.8) is 0 Å². The van der Waals surface area contributed by atoms with E-state index in [2.05, 4.69) is 5.32 Å². The maximum absolute atomic E-state index is 14.1. The van der Waals surface area contributed by atoms with Crippen molar-refractivity contribution in [1.29, 1.82) is 0 Å². The number of aryl methyl sites for hydroxylation is 1. The van der Waals surface area contributed by atoms with Crippen LogP contribution in [0.4, 0.5) is 10.1 Å². The topological polar surface area (TPSA) is 117 Å². The summed E-state index contributed by atoms with van der Waals surface area (Å²) in [7, 11) is -3.96. The van der Waals surface area contributed by atoms with E-state index in [-0.39, 0.29) is 35.3 Å². The summed E-state index contributed by atoms with van der Waals surface area (Å²) in [5.74, 6) is -0.218. The van der Waals surface area contributed by atoms with Crippen molar-refractivity contribution in [3.8, 4) is 22.5 Å². The number of benzene rings is 3. The summed E-state index contributed by atoms with van der Waals surface area (Å²) >= 11 is 0. The Morgan fingerprint density at radius 2 is 1.77 bits per heavy atom. The monoisotopic (exact) mass is 659 g/mol. The zero-order valence-corrected chi connectivity index (χ0v) is 27.6. The standard InChI is InChI=1S/C36H38FN3O6S/c1-4-30(41)32-28-21-27(25-8-7-9-26(20-25)34(42)39-19-17-38-35(43)36(39)14-5-6-15-36)29(40(18-16-37)47(3,44)45)22-31(28)46-33(32)24-12-10-23(2)11-13-24/h7-13,20-22H,4-6,14-19H2,1-3H3,(H,38,43). The summed E-state index contributed by atoms with van der Waals surface area (Å²) in [5.41, 5.74) is 2.86. The van der Waals surface area contributed by atoms with Crippen LogP contribution in [-0.4, -0.2) is 69.0 Å². The number of sulfonamides is 1. The molecule has 1 saturated heterocycles. The molecule has 47 heavy (non-hydrogen) atoms. The average molecular weight is 660 g/mol.